The monoisotopic (exact) mass is 244 g/mol. The van der Waals surface area contributed by atoms with Gasteiger partial charge in [-0.1, -0.05) is 13.8 Å². The van der Waals surface area contributed by atoms with Crippen molar-refractivity contribution in [3.63, 3.8) is 0 Å². The van der Waals surface area contributed by atoms with E-state index in [1.165, 1.54) is 6.42 Å². The molecular weight excluding hydrogens is 216 g/mol. The number of ether oxygens (including phenoxy) is 1. The van der Waals surface area contributed by atoms with Gasteiger partial charge < -0.3 is 9.84 Å². The highest BCUT2D eigenvalue weighted by atomic mass is 16.5. The molecule has 0 unspecified atom stereocenters. The average molecular weight is 244 g/mol. The standard InChI is InChI=1S/C13H28N2O2/c1-13(2)12-17-11-9-15-5-3-4-14(6-7-15)8-10-16/h13,16H,3-12H2,1-2H3. The highest BCUT2D eigenvalue weighted by Gasteiger charge is 2.13. The van der Waals surface area contributed by atoms with E-state index in [2.05, 4.69) is 23.6 Å². The molecule has 1 fully saturated rings. The first-order chi connectivity index (χ1) is 8.22. The van der Waals surface area contributed by atoms with E-state index in [-0.39, 0.29) is 6.61 Å². The van der Waals surface area contributed by atoms with Crippen LogP contribution >= 0.6 is 0 Å². The highest BCUT2D eigenvalue weighted by molar-refractivity contribution is 4.69. The zero-order valence-corrected chi connectivity index (χ0v) is 11.4. The Bertz CT molecular complexity index is 188. The van der Waals surface area contributed by atoms with Crippen LogP contribution in [-0.2, 0) is 4.74 Å². The second-order valence-electron chi connectivity index (χ2n) is 5.23. The van der Waals surface area contributed by atoms with Crippen LogP contribution in [0.25, 0.3) is 0 Å². The van der Waals surface area contributed by atoms with Gasteiger partial charge in [-0.2, -0.15) is 0 Å². The Labute approximate surface area is 106 Å². The van der Waals surface area contributed by atoms with Gasteiger partial charge in [0.15, 0.2) is 0 Å². The van der Waals surface area contributed by atoms with Gasteiger partial charge in [0.2, 0.25) is 0 Å². The van der Waals surface area contributed by atoms with Gasteiger partial charge in [-0.15, -0.1) is 0 Å². The Hall–Kier alpha value is -0.160. The number of rotatable bonds is 7. The predicted octanol–water partition coefficient (Wildman–Crippen LogP) is 0.659. The maximum atomic E-state index is 8.93. The van der Waals surface area contributed by atoms with E-state index in [1.54, 1.807) is 0 Å². The fraction of sp³-hybridized carbons (Fsp3) is 1.00. The summed E-state index contributed by atoms with van der Waals surface area (Å²) in [6.07, 6.45) is 1.20. The molecule has 0 atom stereocenters. The Balaban J connectivity index is 2.09. The van der Waals surface area contributed by atoms with E-state index in [9.17, 15) is 0 Å². The molecule has 1 rings (SSSR count). The lowest BCUT2D eigenvalue weighted by Gasteiger charge is -2.21. The molecule has 0 saturated carbocycles. The predicted molar refractivity (Wildman–Crippen MR) is 70.2 cm³/mol. The number of aliphatic hydroxyl groups excluding tert-OH is 1. The number of aliphatic hydroxyl groups is 1. The molecule has 1 heterocycles. The zero-order valence-electron chi connectivity index (χ0n) is 11.4. The molecule has 1 saturated heterocycles. The lowest BCUT2D eigenvalue weighted by atomic mass is 10.2. The summed E-state index contributed by atoms with van der Waals surface area (Å²) in [5.41, 5.74) is 0. The quantitative estimate of drug-likeness (QED) is 0.667. The lowest BCUT2D eigenvalue weighted by molar-refractivity contribution is 0.0860. The van der Waals surface area contributed by atoms with E-state index in [4.69, 9.17) is 9.84 Å². The van der Waals surface area contributed by atoms with Gasteiger partial charge in [0.05, 0.1) is 13.2 Å². The molecule has 0 spiro atoms. The molecule has 1 aliphatic heterocycles. The minimum atomic E-state index is 0.275. The van der Waals surface area contributed by atoms with Crippen molar-refractivity contribution in [3.05, 3.63) is 0 Å². The number of nitrogens with zero attached hydrogens (tertiary/aromatic N) is 2. The van der Waals surface area contributed by atoms with Gasteiger partial charge in [0.25, 0.3) is 0 Å². The molecule has 0 aromatic rings. The molecule has 0 amide bonds. The summed E-state index contributed by atoms with van der Waals surface area (Å²) >= 11 is 0. The van der Waals surface area contributed by atoms with Crippen LogP contribution < -0.4 is 0 Å². The molecule has 4 heteroatoms. The molecule has 1 aliphatic rings. The molecule has 17 heavy (non-hydrogen) atoms. The van der Waals surface area contributed by atoms with E-state index in [1.807, 2.05) is 0 Å². The van der Waals surface area contributed by atoms with Crippen molar-refractivity contribution in [1.82, 2.24) is 9.80 Å². The summed E-state index contributed by atoms with van der Waals surface area (Å²) < 4.78 is 5.62. The molecule has 0 radical (unpaired) electrons. The van der Waals surface area contributed by atoms with Crippen molar-refractivity contribution in [1.29, 1.82) is 0 Å². The van der Waals surface area contributed by atoms with Crippen LogP contribution in [0.4, 0.5) is 0 Å². The fourth-order valence-electron chi connectivity index (χ4n) is 2.13. The summed E-state index contributed by atoms with van der Waals surface area (Å²) in [5.74, 6) is 0.624. The van der Waals surface area contributed by atoms with Crippen LogP contribution in [0, 0.1) is 5.92 Å². The van der Waals surface area contributed by atoms with Gasteiger partial charge in [0, 0.05) is 32.8 Å². The van der Waals surface area contributed by atoms with E-state index in [0.29, 0.717) is 5.92 Å². The zero-order chi connectivity index (χ0) is 12.5. The maximum absolute atomic E-state index is 8.93. The largest absolute Gasteiger partial charge is 0.395 e. The Kier molecular flexibility index (Phi) is 7.77. The summed E-state index contributed by atoms with van der Waals surface area (Å²) in [6, 6.07) is 0. The minimum Gasteiger partial charge on any atom is -0.395 e. The Morgan fingerprint density at radius 3 is 2.29 bits per heavy atom. The van der Waals surface area contributed by atoms with Crippen LogP contribution in [0.3, 0.4) is 0 Å². The van der Waals surface area contributed by atoms with E-state index < -0.39 is 0 Å². The maximum Gasteiger partial charge on any atom is 0.0593 e. The van der Waals surface area contributed by atoms with Crippen molar-refractivity contribution in [3.8, 4) is 0 Å². The first kappa shape index (κ1) is 14.9. The normalized spacial score (nSPS) is 19.8. The van der Waals surface area contributed by atoms with Crippen LogP contribution in [0.5, 0.6) is 0 Å². The number of hydrogen-bond donors (Lipinski definition) is 1. The van der Waals surface area contributed by atoms with Gasteiger partial charge in [-0.3, -0.25) is 9.80 Å². The molecule has 0 bridgehead atoms. The molecule has 4 nitrogen and oxygen atoms in total. The minimum absolute atomic E-state index is 0.275. The van der Waals surface area contributed by atoms with Gasteiger partial charge in [-0.05, 0) is 25.4 Å². The van der Waals surface area contributed by atoms with E-state index in [0.717, 1.165) is 52.5 Å². The Morgan fingerprint density at radius 1 is 1.06 bits per heavy atom. The molecule has 0 aromatic heterocycles. The number of hydrogen-bond acceptors (Lipinski definition) is 4. The summed E-state index contributed by atoms with van der Waals surface area (Å²) in [4.78, 5) is 4.81. The third-order valence-electron chi connectivity index (χ3n) is 3.10. The van der Waals surface area contributed by atoms with Crippen LogP contribution in [-0.4, -0.2) is 74.0 Å². The van der Waals surface area contributed by atoms with Crippen molar-refractivity contribution in [2.24, 2.45) is 5.92 Å². The molecule has 102 valence electrons. The third kappa shape index (κ3) is 6.99. The van der Waals surface area contributed by atoms with Crippen molar-refractivity contribution < 1.29 is 9.84 Å². The molecule has 1 N–H and O–H groups in total. The summed E-state index contributed by atoms with van der Waals surface area (Å²) in [7, 11) is 0. The van der Waals surface area contributed by atoms with Crippen LogP contribution in [0.1, 0.15) is 20.3 Å². The van der Waals surface area contributed by atoms with Gasteiger partial charge >= 0.3 is 0 Å². The second kappa shape index (κ2) is 8.86. The average Bonchev–Trinajstić information content (AvgIpc) is 2.51. The summed E-state index contributed by atoms with van der Waals surface area (Å²) in [6.45, 7) is 12.7. The van der Waals surface area contributed by atoms with Gasteiger partial charge in [0.1, 0.15) is 0 Å². The molecule has 0 aromatic carbocycles. The third-order valence-corrected chi connectivity index (χ3v) is 3.10. The number of β-amino-alcohol motifs (C(OH)–C–C–N with tert-alkyl or cyclic N) is 1. The summed E-state index contributed by atoms with van der Waals surface area (Å²) in [5, 5.41) is 8.93. The highest BCUT2D eigenvalue weighted by Crippen LogP contribution is 2.02. The SMILES string of the molecule is CC(C)COCCN1CCCN(CCO)CC1. The van der Waals surface area contributed by atoms with Crippen molar-refractivity contribution in [2.75, 3.05) is 59.1 Å². The topological polar surface area (TPSA) is 35.9 Å². The first-order valence-electron chi connectivity index (χ1n) is 6.85. The van der Waals surface area contributed by atoms with E-state index >= 15 is 0 Å². The fourth-order valence-corrected chi connectivity index (χ4v) is 2.13. The molecule has 0 aliphatic carbocycles. The molecular formula is C13H28N2O2. The van der Waals surface area contributed by atoms with Crippen molar-refractivity contribution >= 4 is 0 Å². The van der Waals surface area contributed by atoms with Crippen molar-refractivity contribution in [2.45, 2.75) is 20.3 Å². The van der Waals surface area contributed by atoms with Crippen LogP contribution in [0.15, 0.2) is 0 Å². The second-order valence-corrected chi connectivity index (χ2v) is 5.23. The van der Waals surface area contributed by atoms with Gasteiger partial charge in [-0.25, -0.2) is 0 Å². The first-order valence-corrected chi connectivity index (χ1v) is 6.85. The smallest absolute Gasteiger partial charge is 0.0593 e. The lowest BCUT2D eigenvalue weighted by Crippen LogP contribution is -2.34. The van der Waals surface area contributed by atoms with Crippen LogP contribution in [0.2, 0.25) is 0 Å². The Morgan fingerprint density at radius 2 is 1.71 bits per heavy atom.